The minimum Gasteiger partial charge on any atom is -0.493 e. The van der Waals surface area contributed by atoms with Gasteiger partial charge in [-0.05, 0) is 216 Å². The van der Waals surface area contributed by atoms with Gasteiger partial charge in [-0.25, -0.2) is 19.9 Å². The summed E-state index contributed by atoms with van der Waals surface area (Å²) in [6.07, 6.45) is 18.1. The number of fused-ring (bicyclic) bond motifs is 6. The lowest BCUT2D eigenvalue weighted by atomic mass is 9.70. The Bertz CT molecular complexity index is 4260. The molecular formula is C97H123N7O. The Kier molecular flexibility index (Phi) is 32.6. The maximum Gasteiger partial charge on any atom is 0.228 e. The van der Waals surface area contributed by atoms with Crippen molar-refractivity contribution in [3.8, 4) is 50.5 Å². The molecule has 0 saturated heterocycles. The van der Waals surface area contributed by atoms with Gasteiger partial charge in [0.2, 0.25) is 5.95 Å². The van der Waals surface area contributed by atoms with Crippen molar-refractivity contribution in [3.05, 3.63) is 294 Å². The summed E-state index contributed by atoms with van der Waals surface area (Å²) in [5, 5.41) is 0. The Balaban J connectivity index is 0.000000176. The zero-order valence-electron chi connectivity index (χ0n) is 68.0. The Morgan fingerprint density at radius 2 is 0.657 bits per heavy atom. The van der Waals surface area contributed by atoms with Crippen LogP contribution in [0.2, 0.25) is 0 Å². The summed E-state index contributed by atoms with van der Waals surface area (Å²) in [4.78, 5) is 27.0. The molecule has 0 radical (unpaired) electrons. The number of rotatable bonds is 17. The average Bonchev–Trinajstić information content (AvgIpc) is 1.57. The van der Waals surface area contributed by atoms with Gasteiger partial charge in [0.05, 0.1) is 6.61 Å². The van der Waals surface area contributed by atoms with E-state index in [1.54, 1.807) is 11.1 Å². The van der Waals surface area contributed by atoms with Crippen LogP contribution < -0.4 is 9.64 Å². The van der Waals surface area contributed by atoms with E-state index in [1.807, 2.05) is 58.8 Å². The molecule has 2 aromatic heterocycles. The van der Waals surface area contributed by atoms with Gasteiger partial charge in [0.25, 0.3) is 0 Å². The first-order chi connectivity index (χ1) is 50.3. The van der Waals surface area contributed by atoms with E-state index in [1.165, 1.54) is 195 Å². The molecular weight excluding hydrogens is 1280 g/mol. The van der Waals surface area contributed by atoms with E-state index in [0.717, 1.165) is 59.4 Å². The molecule has 0 bridgehead atoms. The fourth-order valence-electron chi connectivity index (χ4n) is 13.9. The molecule has 11 aromatic rings. The van der Waals surface area contributed by atoms with Gasteiger partial charge in [-0.1, -0.05) is 310 Å². The normalized spacial score (nSPS) is 11.6. The summed E-state index contributed by atoms with van der Waals surface area (Å²) >= 11 is 0. The molecule has 8 nitrogen and oxygen atoms in total. The van der Waals surface area contributed by atoms with E-state index in [9.17, 15) is 0 Å². The van der Waals surface area contributed by atoms with Gasteiger partial charge >= 0.3 is 0 Å². The van der Waals surface area contributed by atoms with Crippen LogP contribution in [0.25, 0.3) is 44.8 Å². The van der Waals surface area contributed by atoms with E-state index in [0.29, 0.717) is 0 Å². The van der Waals surface area contributed by atoms with Crippen molar-refractivity contribution in [1.29, 1.82) is 0 Å². The molecule has 2 heterocycles. The van der Waals surface area contributed by atoms with Crippen LogP contribution >= 0.6 is 0 Å². The molecule has 0 unspecified atom stereocenters. The number of ether oxygens (including phenoxy) is 1. The molecule has 0 fully saturated rings. The molecule has 0 atom stereocenters. The van der Waals surface area contributed by atoms with Gasteiger partial charge in [0.1, 0.15) is 29.0 Å². The lowest BCUT2D eigenvalue weighted by Crippen LogP contribution is -2.25. The van der Waals surface area contributed by atoms with E-state index >= 15 is 0 Å². The van der Waals surface area contributed by atoms with Crippen LogP contribution in [-0.4, -0.2) is 50.6 Å². The average molecular weight is 1400 g/mol. The van der Waals surface area contributed by atoms with Gasteiger partial charge in [-0.15, -0.1) is 0 Å². The second kappa shape index (κ2) is 41.3. The maximum absolute atomic E-state index is 5.66. The van der Waals surface area contributed by atoms with E-state index in [2.05, 4.69) is 304 Å². The first-order valence-corrected chi connectivity index (χ1v) is 38.7. The molecule has 105 heavy (non-hydrogen) atoms. The third kappa shape index (κ3) is 25.7. The van der Waals surface area contributed by atoms with Crippen molar-refractivity contribution in [2.24, 2.45) is 0 Å². The number of anilines is 1. The van der Waals surface area contributed by atoms with Crippen LogP contribution in [0.1, 0.15) is 210 Å². The minimum atomic E-state index is 0.240. The lowest BCUT2D eigenvalue weighted by molar-refractivity contribution is 0.307. The molecule has 552 valence electrons. The zero-order valence-corrected chi connectivity index (χ0v) is 68.0. The monoisotopic (exact) mass is 1400 g/mol. The van der Waals surface area contributed by atoms with Crippen molar-refractivity contribution < 1.29 is 4.74 Å². The van der Waals surface area contributed by atoms with Crippen molar-refractivity contribution in [2.75, 3.05) is 25.6 Å². The first-order valence-electron chi connectivity index (χ1n) is 38.7. The first kappa shape index (κ1) is 82.9. The number of unbranched alkanes of at least 4 members (excludes halogenated alkanes) is 7. The SMILES string of the molecule is CCCCCCC1(CCCCCC)c2cc(C)ccc2-c2ccc(C)cc21.CCCCOc1cc(C)ccc1C.Cc1cc(C)cc(C)c1.Cc1ccc(-c2ccc(C)cc2)cc1.Cc1ccc(-c2nc(C)nc(C)n2)cc1.Cc1ccc2c(c1)CCc1cc(C)ccc1-2.Cc1nc(C)nc(N(C)C)n1. The van der Waals surface area contributed by atoms with Crippen molar-refractivity contribution in [3.63, 3.8) is 0 Å². The summed E-state index contributed by atoms with van der Waals surface area (Å²) < 4.78 is 5.66. The topological polar surface area (TPSA) is 89.8 Å². The summed E-state index contributed by atoms with van der Waals surface area (Å²) in [7, 11) is 3.82. The van der Waals surface area contributed by atoms with Crippen LogP contribution in [0.5, 0.6) is 5.75 Å². The quantitative estimate of drug-likeness (QED) is 0.0833. The highest BCUT2D eigenvalue weighted by Crippen LogP contribution is 2.55. The van der Waals surface area contributed by atoms with Crippen LogP contribution in [0, 0.1) is 111 Å². The fraction of sp³-hybridized carbons (Fsp3) is 0.381. The van der Waals surface area contributed by atoms with E-state index in [-0.39, 0.29) is 5.41 Å². The highest BCUT2D eigenvalue weighted by atomic mass is 16.5. The Hall–Kier alpha value is -9.40. The summed E-state index contributed by atoms with van der Waals surface area (Å²) in [6.45, 7) is 40.8. The largest absolute Gasteiger partial charge is 0.493 e. The third-order valence-corrected chi connectivity index (χ3v) is 19.4. The van der Waals surface area contributed by atoms with Crippen LogP contribution in [0.4, 0.5) is 5.95 Å². The number of aryl methyl sites for hydroxylation is 18. The Labute approximate surface area is 634 Å². The molecule has 0 spiro atoms. The zero-order chi connectivity index (χ0) is 76.2. The highest BCUT2D eigenvalue weighted by molar-refractivity contribution is 5.82. The molecule has 13 rings (SSSR count). The molecule has 8 heteroatoms. The van der Waals surface area contributed by atoms with Gasteiger partial charge in [0, 0.05) is 25.1 Å². The van der Waals surface area contributed by atoms with Crippen LogP contribution in [-0.2, 0) is 18.3 Å². The van der Waals surface area contributed by atoms with Gasteiger partial charge < -0.3 is 9.64 Å². The molecule has 0 aliphatic heterocycles. The summed E-state index contributed by atoms with van der Waals surface area (Å²) in [5.74, 6) is 5.56. The van der Waals surface area contributed by atoms with Crippen LogP contribution in [0.3, 0.4) is 0 Å². The number of hydrogen-bond donors (Lipinski definition) is 0. The van der Waals surface area contributed by atoms with Crippen molar-refractivity contribution >= 4 is 5.95 Å². The summed E-state index contributed by atoms with van der Waals surface area (Å²) in [5.41, 5.74) is 31.9. The maximum atomic E-state index is 5.66. The second-order valence-electron chi connectivity index (χ2n) is 29.7. The lowest BCUT2D eigenvalue weighted by Gasteiger charge is -2.33. The molecule has 2 aliphatic rings. The number of aromatic nitrogens is 6. The molecule has 2 aliphatic carbocycles. The summed E-state index contributed by atoms with van der Waals surface area (Å²) in [6, 6.07) is 66.4. The van der Waals surface area contributed by atoms with Gasteiger partial charge in [0.15, 0.2) is 5.82 Å². The number of hydrogen-bond acceptors (Lipinski definition) is 8. The number of benzene rings is 9. The standard InChI is InChI=1S/C27H38.C16H16.C14H14.C12H13N3.C12H18O.C9H12.C7H12N4/c1-5-7-9-11-17-27(18-12-10-8-6-2)25-19-21(3)13-15-23(25)24-16-14-22(4)20-26(24)27;1-11-3-7-15-13(9-11)5-6-14-10-12(2)4-8-16(14)15;1-11-3-7-13(8-4-11)14-9-5-12(2)6-10-14;1-8-4-6-11(7-5-8)12-14-9(2)13-10(3)15-12;1-4-5-8-13-12-9-10(2)6-7-11(12)3;1-7-4-8(2)6-9(3)5-7;1-5-8-6(2)10-7(9-5)11(3)4/h13-16,19-20H,5-12,17-18H2,1-4H3;3-4,7-10H,5-6H2,1-2H3;3-10H,1-2H3;4-7H,1-3H3;6-7,9H,4-5,8H2,1-3H3;4-6H,1-3H3;1-4H3. The minimum absolute atomic E-state index is 0.240. The molecule has 9 aromatic carbocycles. The molecule has 0 N–H and O–H groups in total. The fourth-order valence-corrected chi connectivity index (χ4v) is 13.9. The number of nitrogens with zero attached hydrogens (tertiary/aromatic N) is 7. The predicted octanol–water partition coefficient (Wildman–Crippen LogP) is 25.7. The van der Waals surface area contributed by atoms with E-state index < -0.39 is 0 Å². The molecule has 0 amide bonds. The van der Waals surface area contributed by atoms with Gasteiger partial charge in [-0.3, -0.25) is 0 Å². The Morgan fingerprint density at radius 3 is 1.05 bits per heavy atom. The van der Waals surface area contributed by atoms with Gasteiger partial charge in [-0.2, -0.15) is 9.97 Å². The van der Waals surface area contributed by atoms with Crippen molar-refractivity contribution in [2.45, 2.75) is 227 Å². The highest BCUT2D eigenvalue weighted by Gasteiger charge is 2.42. The van der Waals surface area contributed by atoms with Crippen LogP contribution in [0.15, 0.2) is 182 Å². The Morgan fingerprint density at radius 1 is 0.314 bits per heavy atom. The molecule has 0 saturated carbocycles. The smallest absolute Gasteiger partial charge is 0.228 e. The van der Waals surface area contributed by atoms with Crippen molar-refractivity contribution in [1.82, 2.24) is 29.9 Å². The van der Waals surface area contributed by atoms with E-state index in [4.69, 9.17) is 4.74 Å². The third-order valence-electron chi connectivity index (χ3n) is 19.4. The second-order valence-corrected chi connectivity index (χ2v) is 29.7. The predicted molar refractivity (Wildman–Crippen MR) is 450 cm³/mol.